The van der Waals surface area contributed by atoms with Gasteiger partial charge in [-0.2, -0.15) is 10.1 Å². The van der Waals surface area contributed by atoms with Crippen LogP contribution in [-0.2, 0) is 4.79 Å². The van der Waals surface area contributed by atoms with E-state index in [-0.39, 0.29) is 17.5 Å². The number of carbonyl (C=O) groups is 1. The molecular formula is C16H14ClFN2OS. The van der Waals surface area contributed by atoms with Gasteiger partial charge in [0.15, 0.2) is 5.82 Å². The number of rotatable bonds is 3. The van der Waals surface area contributed by atoms with E-state index >= 15 is 0 Å². The summed E-state index contributed by atoms with van der Waals surface area (Å²) in [7, 11) is 0. The second kappa shape index (κ2) is 6.31. The van der Waals surface area contributed by atoms with E-state index in [0.29, 0.717) is 15.7 Å². The fraction of sp³-hybridized carbons (Fsp3) is 0.375. The Bertz CT molecular complexity index is 698. The van der Waals surface area contributed by atoms with Gasteiger partial charge in [-0.05, 0) is 31.4 Å². The molecule has 1 unspecified atom stereocenters. The SMILES string of the molecule is C#CCSc1cc(N2N=C3CCCCC3C2=O)c(F)cc1Cl. The number of amides is 1. The van der Waals surface area contributed by atoms with Crippen molar-refractivity contribution in [1.82, 2.24) is 0 Å². The van der Waals surface area contributed by atoms with Crippen molar-refractivity contribution in [3.8, 4) is 12.3 Å². The van der Waals surface area contributed by atoms with Crippen molar-refractivity contribution in [1.29, 1.82) is 0 Å². The molecule has 2 aliphatic rings. The quantitative estimate of drug-likeness (QED) is 0.615. The van der Waals surface area contributed by atoms with E-state index in [4.69, 9.17) is 18.0 Å². The Morgan fingerprint density at radius 2 is 2.32 bits per heavy atom. The van der Waals surface area contributed by atoms with Crippen LogP contribution in [0.15, 0.2) is 22.1 Å². The maximum atomic E-state index is 14.3. The molecule has 1 atom stereocenters. The van der Waals surface area contributed by atoms with Crippen molar-refractivity contribution in [2.45, 2.75) is 30.6 Å². The van der Waals surface area contributed by atoms with Crippen LogP contribution in [-0.4, -0.2) is 17.4 Å². The van der Waals surface area contributed by atoms with Crippen molar-refractivity contribution < 1.29 is 9.18 Å². The van der Waals surface area contributed by atoms with Gasteiger partial charge < -0.3 is 0 Å². The van der Waals surface area contributed by atoms with Gasteiger partial charge in [-0.3, -0.25) is 4.79 Å². The lowest BCUT2D eigenvalue weighted by molar-refractivity contribution is -0.120. The standard InChI is InChI=1S/C16H14ClFN2OS/c1-2-7-22-15-9-14(12(18)8-11(15)17)20-16(21)10-5-3-4-6-13(10)19-20/h1,8-10H,3-7H2. The van der Waals surface area contributed by atoms with Crippen molar-refractivity contribution in [3.05, 3.63) is 23.0 Å². The maximum absolute atomic E-state index is 14.3. The number of anilines is 1. The minimum atomic E-state index is -0.550. The molecule has 1 aliphatic heterocycles. The number of thioether (sulfide) groups is 1. The smallest absolute Gasteiger partial charge is 0.256 e. The summed E-state index contributed by atoms with van der Waals surface area (Å²) in [5.74, 6) is 2.04. The first-order valence-electron chi connectivity index (χ1n) is 7.08. The third-order valence-corrected chi connectivity index (χ3v) is 5.24. The molecule has 0 N–H and O–H groups in total. The molecule has 1 aliphatic carbocycles. The Balaban J connectivity index is 1.96. The van der Waals surface area contributed by atoms with Crippen molar-refractivity contribution in [3.63, 3.8) is 0 Å². The highest BCUT2D eigenvalue weighted by Gasteiger charge is 2.38. The van der Waals surface area contributed by atoms with Gasteiger partial charge in [-0.15, -0.1) is 18.2 Å². The van der Waals surface area contributed by atoms with Crippen LogP contribution in [0.5, 0.6) is 0 Å². The fourth-order valence-corrected chi connectivity index (χ4v) is 3.73. The molecule has 0 spiro atoms. The van der Waals surface area contributed by atoms with Crippen LogP contribution in [0, 0.1) is 24.1 Å². The minimum absolute atomic E-state index is 0.149. The zero-order valence-electron chi connectivity index (χ0n) is 11.8. The van der Waals surface area contributed by atoms with Crippen molar-refractivity contribution >= 4 is 40.7 Å². The molecule has 0 radical (unpaired) electrons. The molecular weight excluding hydrogens is 323 g/mol. The highest BCUT2D eigenvalue weighted by Crippen LogP contribution is 2.37. The summed E-state index contributed by atoms with van der Waals surface area (Å²) < 4.78 is 14.3. The molecule has 1 amide bonds. The second-order valence-electron chi connectivity index (χ2n) is 5.27. The maximum Gasteiger partial charge on any atom is 0.256 e. The van der Waals surface area contributed by atoms with Gasteiger partial charge >= 0.3 is 0 Å². The zero-order chi connectivity index (χ0) is 15.7. The number of hydrogen-bond donors (Lipinski definition) is 0. The summed E-state index contributed by atoms with van der Waals surface area (Å²) in [6.45, 7) is 0. The van der Waals surface area contributed by atoms with Gasteiger partial charge in [0.05, 0.1) is 22.4 Å². The normalized spacial score (nSPS) is 20.6. The number of nitrogens with zero attached hydrogens (tertiary/aromatic N) is 2. The van der Waals surface area contributed by atoms with Crippen LogP contribution in [0.3, 0.4) is 0 Å². The van der Waals surface area contributed by atoms with Gasteiger partial charge in [0.2, 0.25) is 0 Å². The molecule has 3 rings (SSSR count). The van der Waals surface area contributed by atoms with E-state index in [0.717, 1.165) is 31.4 Å². The number of fused-ring (bicyclic) bond motifs is 1. The average molecular weight is 337 g/mol. The van der Waals surface area contributed by atoms with Crippen LogP contribution in [0.4, 0.5) is 10.1 Å². The minimum Gasteiger partial charge on any atom is -0.272 e. The second-order valence-corrected chi connectivity index (χ2v) is 6.69. The fourth-order valence-electron chi connectivity index (χ4n) is 2.79. The number of hydrazone groups is 1. The van der Waals surface area contributed by atoms with Gasteiger partial charge in [0.1, 0.15) is 5.69 Å². The van der Waals surface area contributed by atoms with E-state index < -0.39 is 5.82 Å². The van der Waals surface area contributed by atoms with Gasteiger partial charge in [0.25, 0.3) is 5.91 Å². The van der Waals surface area contributed by atoms with Gasteiger partial charge in [-0.1, -0.05) is 23.9 Å². The highest BCUT2D eigenvalue weighted by molar-refractivity contribution is 7.99. The van der Waals surface area contributed by atoms with Gasteiger partial charge in [0, 0.05) is 4.90 Å². The molecule has 114 valence electrons. The predicted molar refractivity (Wildman–Crippen MR) is 87.8 cm³/mol. The van der Waals surface area contributed by atoms with Crippen LogP contribution in [0.1, 0.15) is 25.7 Å². The molecule has 1 fully saturated rings. The van der Waals surface area contributed by atoms with Crippen molar-refractivity contribution in [2.24, 2.45) is 11.0 Å². The Kier molecular flexibility index (Phi) is 4.42. The largest absolute Gasteiger partial charge is 0.272 e. The molecule has 0 aromatic heterocycles. The average Bonchev–Trinajstić information content (AvgIpc) is 2.84. The molecule has 6 heteroatoms. The topological polar surface area (TPSA) is 32.7 Å². The molecule has 0 bridgehead atoms. The lowest BCUT2D eigenvalue weighted by Gasteiger charge is -2.18. The van der Waals surface area contributed by atoms with Crippen LogP contribution >= 0.6 is 23.4 Å². The molecule has 1 aromatic carbocycles. The number of benzene rings is 1. The Morgan fingerprint density at radius 1 is 1.50 bits per heavy atom. The number of carbonyl (C=O) groups excluding carboxylic acids is 1. The van der Waals surface area contributed by atoms with E-state index in [1.54, 1.807) is 6.07 Å². The molecule has 1 saturated carbocycles. The van der Waals surface area contributed by atoms with Crippen LogP contribution in [0.2, 0.25) is 5.02 Å². The lowest BCUT2D eigenvalue weighted by Crippen LogP contribution is -2.29. The predicted octanol–water partition coefficient (Wildman–Crippen LogP) is 4.10. The summed E-state index contributed by atoms with van der Waals surface area (Å²) >= 11 is 7.37. The summed E-state index contributed by atoms with van der Waals surface area (Å²) in [4.78, 5) is 13.1. The Hall–Kier alpha value is -1.51. The molecule has 22 heavy (non-hydrogen) atoms. The summed E-state index contributed by atoms with van der Waals surface area (Å²) in [6, 6.07) is 2.77. The third-order valence-electron chi connectivity index (χ3n) is 3.85. The Morgan fingerprint density at radius 3 is 3.05 bits per heavy atom. The zero-order valence-corrected chi connectivity index (χ0v) is 13.4. The lowest BCUT2D eigenvalue weighted by atomic mass is 9.87. The van der Waals surface area contributed by atoms with E-state index in [1.807, 2.05) is 0 Å². The molecule has 1 heterocycles. The summed E-state index contributed by atoms with van der Waals surface area (Å²) in [5.41, 5.74) is 1.01. The first kappa shape index (κ1) is 15.4. The number of halogens is 2. The van der Waals surface area contributed by atoms with Crippen LogP contribution in [0.25, 0.3) is 0 Å². The first-order chi connectivity index (χ1) is 10.6. The number of terminal acetylenes is 1. The van der Waals surface area contributed by atoms with Gasteiger partial charge in [-0.25, -0.2) is 4.39 Å². The monoisotopic (exact) mass is 336 g/mol. The van der Waals surface area contributed by atoms with E-state index in [1.165, 1.54) is 22.8 Å². The van der Waals surface area contributed by atoms with E-state index in [2.05, 4.69) is 11.0 Å². The summed E-state index contributed by atoms with van der Waals surface area (Å²) in [6.07, 6.45) is 8.88. The Labute approximate surface area is 137 Å². The molecule has 1 aromatic rings. The van der Waals surface area contributed by atoms with E-state index in [9.17, 15) is 9.18 Å². The molecule has 0 saturated heterocycles. The number of hydrogen-bond acceptors (Lipinski definition) is 3. The third kappa shape index (κ3) is 2.73. The molecule has 3 nitrogen and oxygen atoms in total. The summed E-state index contributed by atoms with van der Waals surface area (Å²) in [5, 5.41) is 5.82. The van der Waals surface area contributed by atoms with Crippen LogP contribution < -0.4 is 5.01 Å². The highest BCUT2D eigenvalue weighted by atomic mass is 35.5. The van der Waals surface area contributed by atoms with Crippen molar-refractivity contribution in [2.75, 3.05) is 10.8 Å². The first-order valence-corrected chi connectivity index (χ1v) is 8.45.